The molecule has 0 bridgehead atoms. The van der Waals surface area contributed by atoms with Crippen molar-refractivity contribution in [1.29, 1.82) is 0 Å². The van der Waals surface area contributed by atoms with Gasteiger partial charge in [0.1, 0.15) is 0 Å². The maximum Gasteiger partial charge on any atom is 0.0414 e. The van der Waals surface area contributed by atoms with Crippen LogP contribution in [-0.2, 0) is 6.54 Å². The minimum absolute atomic E-state index is 0.609. The molecule has 0 spiro atoms. The van der Waals surface area contributed by atoms with Gasteiger partial charge in [-0.2, -0.15) is 0 Å². The number of piperidine rings is 1. The van der Waals surface area contributed by atoms with Crippen molar-refractivity contribution in [2.45, 2.75) is 38.8 Å². The number of rotatable bonds is 2. The van der Waals surface area contributed by atoms with Crippen molar-refractivity contribution in [3.63, 3.8) is 0 Å². The second-order valence-electron chi connectivity index (χ2n) is 4.52. The molecule has 0 aliphatic carbocycles. The predicted octanol–water partition coefficient (Wildman–Crippen LogP) is 3.29. The van der Waals surface area contributed by atoms with E-state index in [0.29, 0.717) is 12.6 Å². The van der Waals surface area contributed by atoms with Crippen LogP contribution in [0.5, 0.6) is 0 Å². The van der Waals surface area contributed by atoms with Crippen molar-refractivity contribution in [3.8, 4) is 0 Å². The summed E-state index contributed by atoms with van der Waals surface area (Å²) < 4.78 is 1.11. The first-order valence-corrected chi connectivity index (χ1v) is 6.77. The zero-order valence-electron chi connectivity index (χ0n) is 9.75. The van der Waals surface area contributed by atoms with E-state index in [-0.39, 0.29) is 0 Å². The Hall–Kier alpha value is -0.540. The minimum atomic E-state index is 0.609. The third-order valence-corrected chi connectivity index (χ3v) is 3.87. The van der Waals surface area contributed by atoms with E-state index in [9.17, 15) is 0 Å². The van der Waals surface area contributed by atoms with E-state index >= 15 is 0 Å². The lowest BCUT2D eigenvalue weighted by Crippen LogP contribution is -2.38. The fourth-order valence-corrected chi connectivity index (χ4v) is 2.86. The lowest BCUT2D eigenvalue weighted by molar-refractivity contribution is 0.484. The van der Waals surface area contributed by atoms with Crippen molar-refractivity contribution in [3.05, 3.63) is 28.2 Å². The van der Waals surface area contributed by atoms with Gasteiger partial charge in [0.25, 0.3) is 0 Å². The maximum absolute atomic E-state index is 5.82. The van der Waals surface area contributed by atoms with Crippen LogP contribution in [0.1, 0.15) is 31.7 Å². The predicted molar refractivity (Wildman–Crippen MR) is 72.7 cm³/mol. The summed E-state index contributed by atoms with van der Waals surface area (Å²) in [5, 5.41) is 0. The highest BCUT2D eigenvalue weighted by atomic mass is 79.9. The van der Waals surface area contributed by atoms with Crippen LogP contribution in [0.3, 0.4) is 0 Å². The average molecular weight is 283 g/mol. The molecule has 0 aromatic heterocycles. The van der Waals surface area contributed by atoms with E-state index in [4.69, 9.17) is 5.73 Å². The van der Waals surface area contributed by atoms with Gasteiger partial charge >= 0.3 is 0 Å². The van der Waals surface area contributed by atoms with Crippen LogP contribution in [0.25, 0.3) is 0 Å². The normalized spacial score (nSPS) is 21.2. The lowest BCUT2D eigenvalue weighted by Gasteiger charge is -2.36. The molecular formula is C13H19BrN2. The molecule has 1 atom stereocenters. The van der Waals surface area contributed by atoms with E-state index in [1.54, 1.807) is 0 Å². The molecule has 1 heterocycles. The largest absolute Gasteiger partial charge is 0.369 e. The van der Waals surface area contributed by atoms with E-state index in [1.807, 2.05) is 0 Å². The summed E-state index contributed by atoms with van der Waals surface area (Å²) in [6.07, 6.45) is 3.94. The Kier molecular flexibility index (Phi) is 3.87. The Morgan fingerprint density at radius 3 is 2.94 bits per heavy atom. The molecule has 1 unspecified atom stereocenters. The minimum Gasteiger partial charge on any atom is -0.369 e. The number of benzene rings is 1. The number of hydrogen-bond acceptors (Lipinski definition) is 2. The fourth-order valence-electron chi connectivity index (χ4n) is 2.45. The first kappa shape index (κ1) is 11.9. The molecule has 1 aromatic rings. The average Bonchev–Trinajstić information content (AvgIpc) is 2.30. The van der Waals surface area contributed by atoms with Gasteiger partial charge in [-0.1, -0.05) is 15.9 Å². The second-order valence-corrected chi connectivity index (χ2v) is 5.43. The second kappa shape index (κ2) is 5.19. The molecule has 1 aromatic carbocycles. The highest BCUT2D eigenvalue weighted by Gasteiger charge is 2.20. The molecule has 1 aliphatic rings. The van der Waals surface area contributed by atoms with Crippen molar-refractivity contribution >= 4 is 21.6 Å². The van der Waals surface area contributed by atoms with Gasteiger partial charge in [0.15, 0.2) is 0 Å². The van der Waals surface area contributed by atoms with Gasteiger partial charge in [-0.3, -0.25) is 0 Å². The van der Waals surface area contributed by atoms with Gasteiger partial charge in [0.05, 0.1) is 0 Å². The molecule has 16 heavy (non-hydrogen) atoms. The number of anilines is 1. The summed E-state index contributed by atoms with van der Waals surface area (Å²) in [5.41, 5.74) is 8.38. The van der Waals surface area contributed by atoms with E-state index < -0.39 is 0 Å². The molecule has 3 heteroatoms. The maximum atomic E-state index is 5.82. The monoisotopic (exact) mass is 282 g/mol. The number of nitrogens with zero attached hydrogens (tertiary/aromatic N) is 1. The van der Waals surface area contributed by atoms with Crippen LogP contribution in [0.2, 0.25) is 0 Å². The molecule has 2 N–H and O–H groups in total. The molecule has 2 nitrogen and oxygen atoms in total. The Morgan fingerprint density at radius 1 is 1.44 bits per heavy atom. The van der Waals surface area contributed by atoms with Crippen molar-refractivity contribution in [2.24, 2.45) is 5.73 Å². The van der Waals surface area contributed by atoms with E-state index in [0.717, 1.165) is 11.0 Å². The topological polar surface area (TPSA) is 29.3 Å². The standard InChI is InChI=1S/C13H19BrN2/c1-10-4-2-3-7-16(10)13-6-5-12(14)8-11(13)9-15/h5-6,8,10H,2-4,7,9,15H2,1H3. The summed E-state index contributed by atoms with van der Waals surface area (Å²) in [4.78, 5) is 2.50. The van der Waals surface area contributed by atoms with Crippen LogP contribution in [0.15, 0.2) is 22.7 Å². The fraction of sp³-hybridized carbons (Fsp3) is 0.538. The van der Waals surface area contributed by atoms with Crippen LogP contribution in [0, 0.1) is 0 Å². The van der Waals surface area contributed by atoms with Crippen LogP contribution >= 0.6 is 15.9 Å². The van der Waals surface area contributed by atoms with Gasteiger partial charge in [-0.05, 0) is 49.9 Å². The zero-order chi connectivity index (χ0) is 11.5. The Labute approximate surface area is 106 Å². The van der Waals surface area contributed by atoms with E-state index in [1.165, 1.54) is 30.5 Å². The molecule has 0 amide bonds. The van der Waals surface area contributed by atoms with Crippen molar-refractivity contribution < 1.29 is 0 Å². The van der Waals surface area contributed by atoms with Gasteiger partial charge in [-0.15, -0.1) is 0 Å². The summed E-state index contributed by atoms with van der Waals surface area (Å²) >= 11 is 3.50. The van der Waals surface area contributed by atoms with Crippen LogP contribution < -0.4 is 10.6 Å². The Balaban J connectivity index is 2.30. The van der Waals surface area contributed by atoms with Crippen molar-refractivity contribution in [2.75, 3.05) is 11.4 Å². The number of hydrogen-bond donors (Lipinski definition) is 1. The highest BCUT2D eigenvalue weighted by molar-refractivity contribution is 9.10. The SMILES string of the molecule is CC1CCCCN1c1ccc(Br)cc1CN. The molecule has 1 fully saturated rings. The van der Waals surface area contributed by atoms with Gasteiger partial charge < -0.3 is 10.6 Å². The molecule has 1 saturated heterocycles. The first-order chi connectivity index (χ1) is 7.72. The third kappa shape index (κ3) is 2.41. The molecule has 88 valence electrons. The van der Waals surface area contributed by atoms with Gasteiger partial charge in [0.2, 0.25) is 0 Å². The summed E-state index contributed by atoms with van der Waals surface area (Å²) in [7, 11) is 0. The van der Waals surface area contributed by atoms with Crippen LogP contribution in [0.4, 0.5) is 5.69 Å². The Bertz CT molecular complexity index is 365. The smallest absolute Gasteiger partial charge is 0.0414 e. The molecular weight excluding hydrogens is 264 g/mol. The van der Waals surface area contributed by atoms with E-state index in [2.05, 4.69) is 46.0 Å². The van der Waals surface area contributed by atoms with Crippen LogP contribution in [-0.4, -0.2) is 12.6 Å². The summed E-state index contributed by atoms with van der Waals surface area (Å²) in [5.74, 6) is 0. The first-order valence-electron chi connectivity index (χ1n) is 5.97. The molecule has 0 radical (unpaired) electrons. The van der Waals surface area contributed by atoms with Crippen molar-refractivity contribution in [1.82, 2.24) is 0 Å². The van der Waals surface area contributed by atoms with Gasteiger partial charge in [0, 0.05) is 29.3 Å². The lowest BCUT2D eigenvalue weighted by atomic mass is 10.0. The molecule has 2 rings (SSSR count). The summed E-state index contributed by atoms with van der Waals surface area (Å²) in [6, 6.07) is 7.07. The quantitative estimate of drug-likeness (QED) is 0.902. The van der Waals surface area contributed by atoms with Gasteiger partial charge in [-0.25, -0.2) is 0 Å². The molecule has 1 aliphatic heterocycles. The Morgan fingerprint density at radius 2 is 2.25 bits per heavy atom. The third-order valence-electron chi connectivity index (χ3n) is 3.37. The zero-order valence-corrected chi connectivity index (χ0v) is 11.3. The highest BCUT2D eigenvalue weighted by Crippen LogP contribution is 2.29. The summed E-state index contributed by atoms with van der Waals surface area (Å²) in [6.45, 7) is 4.08. The molecule has 0 saturated carbocycles. The number of nitrogens with two attached hydrogens (primary N) is 1. The number of halogens is 1.